The molecule has 3 rings (SSSR count). The first-order chi connectivity index (χ1) is 11.7. The lowest BCUT2D eigenvalue weighted by molar-refractivity contribution is -0.159. The van der Waals surface area contributed by atoms with Gasteiger partial charge in [0.15, 0.2) is 0 Å². The number of nitrogens with one attached hydrogen (secondary N) is 2. The second-order valence-corrected chi connectivity index (χ2v) is 7.09. The van der Waals surface area contributed by atoms with Gasteiger partial charge in [-0.2, -0.15) is 9.37 Å². The van der Waals surface area contributed by atoms with Crippen molar-refractivity contribution >= 4 is 11.9 Å². The molecule has 0 aromatic carbocycles. The highest BCUT2D eigenvalue weighted by atomic mass is 19.1. The molecule has 1 aliphatic carbocycles. The van der Waals surface area contributed by atoms with Gasteiger partial charge in [0.1, 0.15) is 5.67 Å². The number of hydrogen-bond donors (Lipinski definition) is 2. The Bertz CT molecular complexity index is 676. The average Bonchev–Trinajstić information content (AvgIpc) is 2.51. The molecule has 1 saturated carbocycles. The minimum absolute atomic E-state index is 0.0199. The molecular weight excluding hydrogens is 334 g/mol. The molecule has 138 valence electrons. The standard InChI is InChI=1S/C16H22F2N4O3/c1-9-11(17)12(24-3)22-14(20-9)19-6-16(18)4-10(5-16)21-13(23)15(2)7-25-8-15/h10H,4-8H2,1-3H3,(H,21,23)(H,19,20,22). The van der Waals surface area contributed by atoms with Crippen molar-refractivity contribution in [1.29, 1.82) is 0 Å². The van der Waals surface area contributed by atoms with E-state index in [0.29, 0.717) is 13.2 Å². The van der Waals surface area contributed by atoms with Gasteiger partial charge in [-0.3, -0.25) is 4.79 Å². The number of carbonyl (C=O) groups excluding carboxylic acids is 1. The zero-order valence-corrected chi connectivity index (χ0v) is 14.5. The van der Waals surface area contributed by atoms with E-state index in [4.69, 9.17) is 9.47 Å². The number of halogens is 2. The van der Waals surface area contributed by atoms with Crippen molar-refractivity contribution in [1.82, 2.24) is 15.3 Å². The molecule has 9 heteroatoms. The van der Waals surface area contributed by atoms with Crippen LogP contribution in [0.15, 0.2) is 0 Å². The summed E-state index contributed by atoms with van der Waals surface area (Å²) >= 11 is 0. The zero-order chi connectivity index (χ0) is 18.2. The lowest BCUT2D eigenvalue weighted by Gasteiger charge is -2.44. The Balaban J connectivity index is 1.50. The third-order valence-electron chi connectivity index (χ3n) is 4.69. The smallest absolute Gasteiger partial charge is 0.255 e. The molecule has 1 aromatic rings. The van der Waals surface area contributed by atoms with Crippen LogP contribution in [-0.2, 0) is 9.53 Å². The van der Waals surface area contributed by atoms with Gasteiger partial charge in [0.25, 0.3) is 5.88 Å². The Morgan fingerprint density at radius 3 is 2.64 bits per heavy atom. The van der Waals surface area contributed by atoms with E-state index in [0.717, 1.165) is 0 Å². The number of nitrogens with zero attached hydrogens (tertiary/aromatic N) is 2. The Hall–Kier alpha value is -2.03. The molecule has 1 saturated heterocycles. The van der Waals surface area contributed by atoms with Gasteiger partial charge in [0, 0.05) is 18.9 Å². The van der Waals surface area contributed by atoms with Crippen LogP contribution in [0.3, 0.4) is 0 Å². The first-order valence-electron chi connectivity index (χ1n) is 8.14. The number of ether oxygens (including phenoxy) is 2. The molecule has 0 unspecified atom stereocenters. The molecule has 0 spiro atoms. The van der Waals surface area contributed by atoms with Gasteiger partial charge in [-0.15, -0.1) is 0 Å². The predicted octanol–water partition coefficient (Wildman–Crippen LogP) is 1.37. The van der Waals surface area contributed by atoms with Gasteiger partial charge in [-0.1, -0.05) is 0 Å². The molecule has 0 bridgehead atoms. The molecule has 0 atom stereocenters. The van der Waals surface area contributed by atoms with E-state index in [1.807, 2.05) is 6.92 Å². The molecule has 1 aromatic heterocycles. The van der Waals surface area contributed by atoms with Gasteiger partial charge in [0.05, 0.1) is 38.0 Å². The van der Waals surface area contributed by atoms with Crippen molar-refractivity contribution in [2.45, 2.75) is 38.4 Å². The van der Waals surface area contributed by atoms with E-state index >= 15 is 0 Å². The molecule has 2 fully saturated rings. The number of methoxy groups -OCH3 is 1. The number of carbonyl (C=O) groups is 1. The molecule has 2 aliphatic rings. The minimum Gasteiger partial charge on any atom is -0.479 e. The summed E-state index contributed by atoms with van der Waals surface area (Å²) in [6.45, 7) is 4.09. The SMILES string of the molecule is COc1nc(NCC2(F)CC(NC(=O)C3(C)COC3)C2)nc(C)c1F. The monoisotopic (exact) mass is 356 g/mol. The molecule has 2 N–H and O–H groups in total. The van der Waals surface area contributed by atoms with E-state index in [1.165, 1.54) is 14.0 Å². The number of hydrogen-bond acceptors (Lipinski definition) is 6. The third kappa shape index (κ3) is 3.51. The van der Waals surface area contributed by atoms with Crippen LogP contribution in [0.4, 0.5) is 14.7 Å². The quantitative estimate of drug-likeness (QED) is 0.801. The average molecular weight is 356 g/mol. The van der Waals surface area contributed by atoms with Crippen molar-refractivity contribution in [3.05, 3.63) is 11.5 Å². The third-order valence-corrected chi connectivity index (χ3v) is 4.69. The number of aromatic nitrogens is 2. The summed E-state index contributed by atoms with van der Waals surface area (Å²) in [6, 6.07) is -0.192. The molecule has 1 amide bonds. The van der Waals surface area contributed by atoms with Crippen molar-refractivity contribution in [3.63, 3.8) is 0 Å². The van der Waals surface area contributed by atoms with Gasteiger partial charge < -0.3 is 20.1 Å². The Kier molecular flexibility index (Phi) is 4.52. The number of aryl methyl sites for hydroxylation is 1. The normalized spacial score (nSPS) is 27.0. The van der Waals surface area contributed by atoms with E-state index < -0.39 is 16.9 Å². The largest absolute Gasteiger partial charge is 0.479 e. The summed E-state index contributed by atoms with van der Waals surface area (Å²) in [5, 5.41) is 5.64. The topological polar surface area (TPSA) is 85.4 Å². The molecule has 7 nitrogen and oxygen atoms in total. The fraction of sp³-hybridized carbons (Fsp3) is 0.688. The summed E-state index contributed by atoms with van der Waals surface area (Å²) in [4.78, 5) is 19.9. The highest BCUT2D eigenvalue weighted by Crippen LogP contribution is 2.37. The van der Waals surface area contributed by atoms with Gasteiger partial charge in [-0.05, 0) is 13.8 Å². The van der Waals surface area contributed by atoms with Crippen LogP contribution in [0, 0.1) is 18.2 Å². The summed E-state index contributed by atoms with van der Waals surface area (Å²) < 4.78 is 38.2. The van der Waals surface area contributed by atoms with Crippen LogP contribution in [-0.4, -0.2) is 54.5 Å². The van der Waals surface area contributed by atoms with E-state index in [-0.39, 0.29) is 48.9 Å². The highest BCUT2D eigenvalue weighted by Gasteiger charge is 2.48. The zero-order valence-electron chi connectivity index (χ0n) is 14.5. The predicted molar refractivity (Wildman–Crippen MR) is 85.7 cm³/mol. The Morgan fingerprint density at radius 2 is 2.08 bits per heavy atom. The van der Waals surface area contributed by atoms with Crippen LogP contribution >= 0.6 is 0 Å². The lowest BCUT2D eigenvalue weighted by Crippen LogP contribution is -2.60. The molecule has 2 heterocycles. The van der Waals surface area contributed by atoms with Gasteiger partial charge >= 0.3 is 0 Å². The maximum atomic E-state index is 14.6. The Morgan fingerprint density at radius 1 is 1.40 bits per heavy atom. The van der Waals surface area contributed by atoms with Crippen LogP contribution < -0.4 is 15.4 Å². The van der Waals surface area contributed by atoms with Crippen LogP contribution in [0.2, 0.25) is 0 Å². The number of rotatable bonds is 6. The van der Waals surface area contributed by atoms with E-state index in [1.54, 1.807) is 0 Å². The summed E-state index contributed by atoms with van der Waals surface area (Å²) in [6.07, 6.45) is 0.417. The second kappa shape index (κ2) is 6.36. The lowest BCUT2D eigenvalue weighted by atomic mass is 9.76. The van der Waals surface area contributed by atoms with E-state index in [2.05, 4.69) is 20.6 Å². The number of alkyl halides is 1. The fourth-order valence-corrected chi connectivity index (χ4v) is 2.95. The molecule has 0 radical (unpaired) electrons. The van der Waals surface area contributed by atoms with Crippen molar-refractivity contribution < 1.29 is 23.0 Å². The second-order valence-electron chi connectivity index (χ2n) is 7.09. The molecule has 1 aliphatic heterocycles. The molecular formula is C16H22F2N4O3. The maximum absolute atomic E-state index is 14.6. The van der Waals surface area contributed by atoms with Crippen LogP contribution in [0.5, 0.6) is 5.88 Å². The first kappa shape index (κ1) is 17.8. The summed E-state index contributed by atoms with van der Waals surface area (Å²) in [7, 11) is 1.30. The van der Waals surface area contributed by atoms with Crippen molar-refractivity contribution in [2.24, 2.45) is 5.41 Å². The Labute approximate surface area is 144 Å². The van der Waals surface area contributed by atoms with E-state index in [9.17, 15) is 13.6 Å². The van der Waals surface area contributed by atoms with Crippen molar-refractivity contribution in [2.75, 3.05) is 32.2 Å². The first-order valence-corrected chi connectivity index (χ1v) is 8.14. The number of amides is 1. The van der Waals surface area contributed by atoms with Gasteiger partial charge in [-0.25, -0.2) is 9.37 Å². The maximum Gasteiger partial charge on any atom is 0.255 e. The van der Waals surface area contributed by atoms with Gasteiger partial charge in [0.2, 0.25) is 17.7 Å². The number of anilines is 1. The summed E-state index contributed by atoms with van der Waals surface area (Å²) in [5.74, 6) is -0.805. The van der Waals surface area contributed by atoms with Crippen LogP contribution in [0.25, 0.3) is 0 Å². The minimum atomic E-state index is -1.46. The highest BCUT2D eigenvalue weighted by molar-refractivity contribution is 5.83. The van der Waals surface area contributed by atoms with Crippen LogP contribution in [0.1, 0.15) is 25.5 Å². The van der Waals surface area contributed by atoms with Crippen molar-refractivity contribution in [3.8, 4) is 5.88 Å². The summed E-state index contributed by atoms with van der Waals surface area (Å²) in [5.41, 5.74) is -1.84. The molecule has 25 heavy (non-hydrogen) atoms. The fourth-order valence-electron chi connectivity index (χ4n) is 2.95.